The van der Waals surface area contributed by atoms with Gasteiger partial charge in [0.25, 0.3) is 0 Å². The first-order chi connectivity index (χ1) is 8.08. The zero-order chi connectivity index (χ0) is 12.4. The van der Waals surface area contributed by atoms with Crippen LogP contribution >= 0.6 is 0 Å². The molecule has 0 bridgehead atoms. The first kappa shape index (κ1) is 12.1. The summed E-state index contributed by atoms with van der Waals surface area (Å²) in [7, 11) is 0. The molecule has 4 atom stereocenters. The quantitative estimate of drug-likeness (QED) is 0.561. The van der Waals surface area contributed by atoms with Crippen molar-refractivity contribution >= 4 is 11.9 Å². The van der Waals surface area contributed by atoms with Crippen LogP contribution in [-0.4, -0.2) is 34.4 Å². The zero-order valence-electron chi connectivity index (χ0n) is 9.41. The van der Waals surface area contributed by atoms with Crippen LogP contribution in [0, 0.1) is 11.8 Å². The van der Waals surface area contributed by atoms with Crippen LogP contribution in [-0.2, 0) is 14.3 Å². The number of ether oxygens (including phenoxy) is 1. The van der Waals surface area contributed by atoms with Gasteiger partial charge >= 0.3 is 11.9 Å². The molecule has 2 aliphatic carbocycles. The van der Waals surface area contributed by atoms with Gasteiger partial charge in [0.05, 0.1) is 6.10 Å². The van der Waals surface area contributed by atoms with E-state index in [9.17, 15) is 14.7 Å². The second-order valence-corrected chi connectivity index (χ2v) is 4.70. The Labute approximate surface area is 99.1 Å². The van der Waals surface area contributed by atoms with Gasteiger partial charge in [0.15, 0.2) is 0 Å². The first-order valence-electron chi connectivity index (χ1n) is 5.87. The molecule has 0 spiro atoms. The Morgan fingerprint density at radius 3 is 2.47 bits per heavy atom. The summed E-state index contributed by atoms with van der Waals surface area (Å²) in [5.41, 5.74) is 0. The van der Waals surface area contributed by atoms with E-state index in [1.54, 1.807) is 0 Å². The summed E-state index contributed by atoms with van der Waals surface area (Å²) in [6.07, 6.45) is 4.58. The predicted octanol–water partition coefficient (Wildman–Crippen LogP) is 0.720. The van der Waals surface area contributed by atoms with Crippen LogP contribution in [0.1, 0.15) is 25.7 Å². The van der Waals surface area contributed by atoms with Crippen LogP contribution in [0.25, 0.3) is 0 Å². The van der Waals surface area contributed by atoms with Gasteiger partial charge in [0.1, 0.15) is 6.10 Å². The molecule has 0 amide bonds. The second kappa shape index (κ2) is 4.87. The summed E-state index contributed by atoms with van der Waals surface area (Å²) >= 11 is 0. The van der Waals surface area contributed by atoms with E-state index in [0.29, 0.717) is 0 Å². The van der Waals surface area contributed by atoms with E-state index >= 15 is 0 Å². The van der Waals surface area contributed by atoms with Crippen LogP contribution in [0.5, 0.6) is 0 Å². The Balaban J connectivity index is 1.88. The molecule has 2 rings (SSSR count). The number of carbonyl (C=O) groups is 2. The minimum absolute atomic E-state index is 0.164. The van der Waals surface area contributed by atoms with Crippen molar-refractivity contribution in [3.8, 4) is 0 Å². The number of aliphatic carboxylic acids is 1. The van der Waals surface area contributed by atoms with E-state index in [2.05, 4.69) is 0 Å². The Kier molecular flexibility index (Phi) is 3.47. The largest absolute Gasteiger partial charge is 0.478 e. The van der Waals surface area contributed by atoms with E-state index in [0.717, 1.165) is 37.8 Å². The monoisotopic (exact) mass is 240 g/mol. The maximum Gasteiger partial charge on any atom is 0.331 e. The molecule has 0 unspecified atom stereocenters. The number of carboxylic acids is 1. The molecule has 94 valence electrons. The number of hydrogen-bond acceptors (Lipinski definition) is 4. The highest BCUT2D eigenvalue weighted by Crippen LogP contribution is 2.45. The fourth-order valence-electron chi connectivity index (χ4n) is 2.99. The van der Waals surface area contributed by atoms with Crippen LogP contribution in [0.4, 0.5) is 0 Å². The first-order valence-corrected chi connectivity index (χ1v) is 5.87. The van der Waals surface area contributed by atoms with Gasteiger partial charge in [-0.15, -0.1) is 0 Å². The standard InChI is InChI=1S/C12H16O5/c13-9-3-1-8-7(9)2-4-10(8)17-12(16)6-5-11(14)15/h5-10,13H,1-4H2,(H,14,15)/t7-,8-,9+,10-/m0/s1. The Hall–Kier alpha value is -1.36. The van der Waals surface area contributed by atoms with Gasteiger partial charge < -0.3 is 14.9 Å². The number of hydrogen-bond donors (Lipinski definition) is 2. The van der Waals surface area contributed by atoms with E-state index in [-0.39, 0.29) is 24.0 Å². The average Bonchev–Trinajstić information content (AvgIpc) is 2.81. The zero-order valence-corrected chi connectivity index (χ0v) is 9.41. The fourth-order valence-corrected chi connectivity index (χ4v) is 2.99. The van der Waals surface area contributed by atoms with E-state index in [1.165, 1.54) is 0 Å². The second-order valence-electron chi connectivity index (χ2n) is 4.70. The summed E-state index contributed by atoms with van der Waals surface area (Å²) < 4.78 is 5.22. The van der Waals surface area contributed by atoms with E-state index in [4.69, 9.17) is 9.84 Å². The Bertz CT molecular complexity index is 349. The fraction of sp³-hybridized carbons (Fsp3) is 0.667. The Morgan fingerprint density at radius 2 is 1.76 bits per heavy atom. The maximum atomic E-state index is 11.3. The van der Waals surface area contributed by atoms with Crippen molar-refractivity contribution < 1.29 is 24.5 Å². The minimum atomic E-state index is -1.16. The summed E-state index contributed by atoms with van der Waals surface area (Å²) in [6.45, 7) is 0. The van der Waals surface area contributed by atoms with Crippen molar-refractivity contribution in [2.75, 3.05) is 0 Å². The summed E-state index contributed by atoms with van der Waals surface area (Å²) in [5, 5.41) is 18.1. The lowest BCUT2D eigenvalue weighted by Crippen LogP contribution is -2.23. The summed E-state index contributed by atoms with van der Waals surface area (Å²) in [4.78, 5) is 21.6. The smallest absolute Gasteiger partial charge is 0.331 e. The number of esters is 1. The van der Waals surface area contributed by atoms with Crippen LogP contribution in [0.3, 0.4) is 0 Å². The summed E-state index contributed by atoms with van der Waals surface area (Å²) in [5.74, 6) is -1.29. The van der Waals surface area contributed by atoms with Gasteiger partial charge in [-0.1, -0.05) is 0 Å². The van der Waals surface area contributed by atoms with E-state index in [1.807, 2.05) is 0 Å². The minimum Gasteiger partial charge on any atom is -0.478 e. The van der Waals surface area contributed by atoms with Crippen molar-refractivity contribution in [1.82, 2.24) is 0 Å². The highest BCUT2D eigenvalue weighted by Gasteiger charge is 2.45. The highest BCUT2D eigenvalue weighted by molar-refractivity contribution is 5.90. The topological polar surface area (TPSA) is 83.8 Å². The van der Waals surface area contributed by atoms with Crippen molar-refractivity contribution in [3.63, 3.8) is 0 Å². The molecule has 0 radical (unpaired) electrons. The molecule has 0 aliphatic heterocycles. The maximum absolute atomic E-state index is 11.3. The van der Waals surface area contributed by atoms with Crippen LogP contribution in [0.15, 0.2) is 12.2 Å². The van der Waals surface area contributed by atoms with Gasteiger partial charge in [-0.05, 0) is 31.6 Å². The van der Waals surface area contributed by atoms with Gasteiger partial charge in [-0.25, -0.2) is 9.59 Å². The highest BCUT2D eigenvalue weighted by atomic mass is 16.5. The number of rotatable bonds is 3. The number of carboxylic acid groups (broad SMARTS) is 1. The molecule has 5 heteroatoms. The van der Waals surface area contributed by atoms with Gasteiger partial charge in [0, 0.05) is 18.1 Å². The third-order valence-electron chi connectivity index (χ3n) is 3.73. The molecule has 0 aromatic rings. The molecular formula is C12H16O5. The molecule has 2 saturated carbocycles. The molecule has 0 aromatic heterocycles. The predicted molar refractivity (Wildman–Crippen MR) is 58.1 cm³/mol. The number of fused-ring (bicyclic) bond motifs is 1. The molecule has 2 fully saturated rings. The normalized spacial score (nSPS) is 36.1. The lowest BCUT2D eigenvalue weighted by Gasteiger charge is -2.18. The lowest BCUT2D eigenvalue weighted by atomic mass is 9.98. The molecule has 0 aromatic carbocycles. The lowest BCUT2D eigenvalue weighted by molar-refractivity contribution is -0.145. The third kappa shape index (κ3) is 2.66. The van der Waals surface area contributed by atoms with Gasteiger partial charge in [0.2, 0.25) is 0 Å². The number of carbonyl (C=O) groups excluding carboxylic acids is 1. The molecule has 0 heterocycles. The van der Waals surface area contributed by atoms with Crippen LogP contribution < -0.4 is 0 Å². The van der Waals surface area contributed by atoms with Crippen LogP contribution in [0.2, 0.25) is 0 Å². The van der Waals surface area contributed by atoms with Crippen molar-refractivity contribution in [2.24, 2.45) is 11.8 Å². The van der Waals surface area contributed by atoms with Crippen molar-refractivity contribution in [1.29, 1.82) is 0 Å². The van der Waals surface area contributed by atoms with Crippen molar-refractivity contribution in [2.45, 2.75) is 37.9 Å². The average molecular weight is 240 g/mol. The number of aliphatic hydroxyl groups excluding tert-OH is 1. The molecule has 2 N–H and O–H groups in total. The molecular weight excluding hydrogens is 224 g/mol. The summed E-state index contributed by atoms with van der Waals surface area (Å²) in [6, 6.07) is 0. The Morgan fingerprint density at radius 1 is 1.06 bits per heavy atom. The molecule has 2 aliphatic rings. The third-order valence-corrected chi connectivity index (χ3v) is 3.73. The van der Waals surface area contributed by atoms with Gasteiger partial charge in [-0.2, -0.15) is 0 Å². The SMILES string of the molecule is O=C(O)C=CC(=O)O[C@H]1CC[C@H]2[C@@H]1CC[C@H]2O. The number of aliphatic hydroxyl groups is 1. The van der Waals surface area contributed by atoms with Gasteiger partial charge in [-0.3, -0.25) is 0 Å². The van der Waals surface area contributed by atoms with Crippen molar-refractivity contribution in [3.05, 3.63) is 12.2 Å². The van der Waals surface area contributed by atoms with E-state index < -0.39 is 11.9 Å². The molecule has 5 nitrogen and oxygen atoms in total. The molecule has 0 saturated heterocycles. The molecule has 17 heavy (non-hydrogen) atoms.